The van der Waals surface area contributed by atoms with Crippen molar-refractivity contribution in [2.45, 2.75) is 13.2 Å². The molecule has 0 fully saturated rings. The van der Waals surface area contributed by atoms with Gasteiger partial charge >= 0.3 is 11.9 Å². The number of aromatic carboxylic acids is 1. The van der Waals surface area contributed by atoms with Gasteiger partial charge in [0.05, 0.1) is 6.61 Å². The van der Waals surface area contributed by atoms with Crippen LogP contribution in [0.25, 0.3) is 22.2 Å². The maximum absolute atomic E-state index is 12.6. The van der Waals surface area contributed by atoms with Gasteiger partial charge in [0.25, 0.3) is 5.89 Å². The second-order valence-electron chi connectivity index (χ2n) is 6.45. The summed E-state index contributed by atoms with van der Waals surface area (Å²) < 4.78 is 5.44. The number of para-hydroxylation sites is 2. The van der Waals surface area contributed by atoms with E-state index in [1.807, 2.05) is 0 Å². The average molecular weight is 423 g/mol. The molecule has 9 heteroatoms. The number of thiophene rings is 1. The van der Waals surface area contributed by atoms with Crippen molar-refractivity contribution in [1.82, 2.24) is 4.98 Å². The Labute approximate surface area is 174 Å². The number of carboxylic acids is 1. The Hall–Kier alpha value is -3.53. The first kappa shape index (κ1) is 19.8. The highest BCUT2D eigenvalue weighted by Gasteiger charge is 2.23. The zero-order chi connectivity index (χ0) is 21.3. The molecule has 2 aromatic heterocycles. The van der Waals surface area contributed by atoms with Crippen molar-refractivity contribution < 1.29 is 24.2 Å². The molecule has 152 valence electrons. The molecule has 8 nitrogen and oxygen atoms in total. The zero-order valence-corrected chi connectivity index (χ0v) is 16.4. The Kier molecular flexibility index (Phi) is 5.32. The van der Waals surface area contributed by atoms with Crippen LogP contribution in [0.2, 0.25) is 0 Å². The summed E-state index contributed by atoms with van der Waals surface area (Å²) in [6.45, 7) is 0.0473. The van der Waals surface area contributed by atoms with E-state index in [1.54, 1.807) is 47.8 Å². The van der Waals surface area contributed by atoms with Crippen LogP contribution in [0.4, 0.5) is 5.00 Å². The van der Waals surface area contributed by atoms with E-state index < -0.39 is 11.9 Å². The van der Waals surface area contributed by atoms with Crippen molar-refractivity contribution in [2.24, 2.45) is 5.73 Å². The van der Waals surface area contributed by atoms with Gasteiger partial charge in [0.15, 0.2) is 5.58 Å². The summed E-state index contributed by atoms with van der Waals surface area (Å²) in [7, 11) is 0. The van der Waals surface area contributed by atoms with Gasteiger partial charge in [-0.2, -0.15) is 0 Å². The van der Waals surface area contributed by atoms with E-state index in [0.29, 0.717) is 27.8 Å². The third-order valence-corrected chi connectivity index (χ3v) is 5.52. The maximum atomic E-state index is 12.6. The molecule has 0 atom stereocenters. The van der Waals surface area contributed by atoms with Gasteiger partial charge in [-0.3, -0.25) is 4.79 Å². The van der Waals surface area contributed by atoms with E-state index >= 15 is 0 Å². The molecule has 2 aromatic carbocycles. The molecule has 5 N–H and O–H groups in total. The first-order valence-corrected chi connectivity index (χ1v) is 9.84. The largest absolute Gasteiger partial charge is 0.478 e. The number of aromatic nitrogens is 1. The van der Waals surface area contributed by atoms with Gasteiger partial charge in [0.2, 0.25) is 0 Å². The Balaban J connectivity index is 1.69. The van der Waals surface area contributed by atoms with E-state index in [4.69, 9.17) is 10.2 Å². The molecule has 0 saturated carbocycles. The van der Waals surface area contributed by atoms with Crippen LogP contribution in [-0.4, -0.2) is 27.1 Å². The fraction of sp³-hybridized carbons (Fsp3) is 0.0952. The number of aliphatic hydroxyl groups is 1. The first-order valence-electron chi connectivity index (χ1n) is 8.96. The molecule has 0 bridgehead atoms. The normalized spacial score (nSPS) is 11.0. The van der Waals surface area contributed by atoms with E-state index in [2.05, 4.69) is 10.3 Å². The van der Waals surface area contributed by atoms with Crippen molar-refractivity contribution >= 4 is 39.3 Å². The molecule has 0 saturated heterocycles. The second kappa shape index (κ2) is 8.07. The Morgan fingerprint density at radius 2 is 1.97 bits per heavy atom. The topological polar surface area (TPSA) is 139 Å². The lowest BCUT2D eigenvalue weighted by molar-refractivity contribution is 0.0699. The lowest BCUT2D eigenvalue weighted by atomic mass is 9.98. The van der Waals surface area contributed by atoms with Crippen molar-refractivity contribution in [3.8, 4) is 11.1 Å². The molecular formula is C21H17N3O5S. The Morgan fingerprint density at radius 1 is 1.17 bits per heavy atom. The number of carbonyl (C=O) groups is 2. The van der Waals surface area contributed by atoms with Crippen molar-refractivity contribution in [3.63, 3.8) is 0 Å². The number of nitrogens with two attached hydrogens (primary N) is 1. The van der Waals surface area contributed by atoms with Crippen molar-refractivity contribution in [2.75, 3.05) is 5.32 Å². The molecule has 30 heavy (non-hydrogen) atoms. The van der Waals surface area contributed by atoms with Gasteiger partial charge in [-0.05, 0) is 34.9 Å². The maximum Gasteiger partial charge on any atom is 0.339 e. The van der Waals surface area contributed by atoms with Gasteiger partial charge in [-0.25, -0.2) is 9.78 Å². The van der Waals surface area contributed by atoms with Crippen LogP contribution >= 0.6 is 11.3 Å². The van der Waals surface area contributed by atoms with Gasteiger partial charge in [-0.1, -0.05) is 24.3 Å². The Bertz CT molecular complexity index is 1230. The number of hydrogen-bond acceptors (Lipinski definition) is 7. The van der Waals surface area contributed by atoms with Crippen LogP contribution in [0.5, 0.6) is 0 Å². The lowest BCUT2D eigenvalue weighted by Gasteiger charge is -2.09. The fourth-order valence-electron chi connectivity index (χ4n) is 3.14. The quantitative estimate of drug-likeness (QED) is 0.372. The van der Waals surface area contributed by atoms with Crippen LogP contribution in [-0.2, 0) is 13.2 Å². The van der Waals surface area contributed by atoms with Crippen LogP contribution in [0.3, 0.4) is 0 Å². The molecular weight excluding hydrogens is 406 g/mol. The third kappa shape index (κ3) is 3.57. The van der Waals surface area contributed by atoms with Gasteiger partial charge in [0, 0.05) is 17.5 Å². The van der Waals surface area contributed by atoms with Crippen LogP contribution in [0.15, 0.2) is 52.3 Å². The third-order valence-electron chi connectivity index (χ3n) is 4.63. The van der Waals surface area contributed by atoms with Crippen molar-refractivity contribution in [3.05, 3.63) is 70.4 Å². The second-order valence-corrected chi connectivity index (χ2v) is 7.32. The van der Waals surface area contributed by atoms with Crippen LogP contribution in [0.1, 0.15) is 32.2 Å². The molecule has 0 aliphatic rings. The number of rotatable bonds is 6. The summed E-state index contributed by atoms with van der Waals surface area (Å²) in [4.78, 5) is 28.7. The van der Waals surface area contributed by atoms with Gasteiger partial charge in [-0.15, -0.1) is 11.3 Å². The van der Waals surface area contributed by atoms with E-state index in [1.165, 1.54) is 0 Å². The SMILES string of the molecule is NCc1ccc(-c2csc(NC(=O)c3nc4ccccc4o3)c2C(=O)O)cc1CO. The average Bonchev–Trinajstić information content (AvgIpc) is 3.37. The standard InChI is InChI=1S/C21H17N3O5S/c22-8-12-6-5-11(7-13(12)9-25)14-10-30-20(17(14)21(27)28)24-18(26)19-23-15-3-1-2-4-16(15)29-19/h1-7,10,25H,8-9,22H2,(H,24,26)(H,27,28). The predicted octanol–water partition coefficient (Wildman–Crippen LogP) is 3.46. The molecule has 2 heterocycles. The molecule has 1 amide bonds. The number of nitrogens with zero attached hydrogens (tertiary/aromatic N) is 1. The minimum atomic E-state index is -1.19. The molecule has 4 aromatic rings. The van der Waals surface area contributed by atoms with E-state index in [0.717, 1.165) is 16.9 Å². The van der Waals surface area contributed by atoms with Gasteiger partial charge < -0.3 is 25.7 Å². The predicted molar refractivity (Wildman–Crippen MR) is 112 cm³/mol. The molecule has 0 aliphatic heterocycles. The fourth-order valence-corrected chi connectivity index (χ4v) is 4.10. The number of amides is 1. The summed E-state index contributed by atoms with van der Waals surface area (Å²) in [5, 5.41) is 23.7. The summed E-state index contributed by atoms with van der Waals surface area (Å²) in [5.74, 6) is -1.98. The molecule has 0 spiro atoms. The van der Waals surface area contributed by atoms with Crippen LogP contribution < -0.4 is 11.1 Å². The number of carbonyl (C=O) groups excluding carboxylic acids is 1. The monoisotopic (exact) mass is 423 g/mol. The summed E-state index contributed by atoms with van der Waals surface area (Å²) in [6, 6.07) is 12.1. The highest BCUT2D eigenvalue weighted by atomic mass is 32.1. The summed E-state index contributed by atoms with van der Waals surface area (Å²) in [5.41, 5.74) is 9.05. The number of benzene rings is 2. The number of oxazole rings is 1. The number of fused-ring (bicyclic) bond motifs is 1. The first-order chi connectivity index (χ1) is 14.5. The number of carboxylic acid groups (broad SMARTS) is 1. The highest BCUT2D eigenvalue weighted by molar-refractivity contribution is 7.15. The number of nitrogens with one attached hydrogen (secondary N) is 1. The Morgan fingerprint density at radius 3 is 2.67 bits per heavy atom. The zero-order valence-electron chi connectivity index (χ0n) is 15.6. The van der Waals surface area contributed by atoms with Crippen LogP contribution in [0, 0.1) is 0 Å². The number of aliphatic hydroxyl groups excluding tert-OH is 1. The van der Waals surface area contributed by atoms with E-state index in [-0.39, 0.29) is 29.6 Å². The van der Waals surface area contributed by atoms with E-state index in [9.17, 15) is 19.8 Å². The molecule has 0 unspecified atom stereocenters. The van der Waals surface area contributed by atoms with Gasteiger partial charge in [0.1, 0.15) is 16.1 Å². The molecule has 4 rings (SSSR count). The summed E-state index contributed by atoms with van der Waals surface area (Å²) >= 11 is 1.08. The molecule has 0 aliphatic carbocycles. The number of anilines is 1. The molecule has 0 radical (unpaired) electrons. The highest BCUT2D eigenvalue weighted by Crippen LogP contribution is 2.36. The smallest absolute Gasteiger partial charge is 0.339 e. The minimum absolute atomic E-state index is 0.0474. The van der Waals surface area contributed by atoms with Crippen molar-refractivity contribution in [1.29, 1.82) is 0 Å². The number of hydrogen-bond donors (Lipinski definition) is 4. The minimum Gasteiger partial charge on any atom is -0.478 e. The lowest BCUT2D eigenvalue weighted by Crippen LogP contribution is -2.14. The summed E-state index contributed by atoms with van der Waals surface area (Å²) in [6.07, 6.45) is 0.